The van der Waals surface area contributed by atoms with Crippen molar-refractivity contribution in [1.82, 2.24) is 0 Å². The molecular weight excluding hydrogens is 222 g/mol. The van der Waals surface area contributed by atoms with Crippen molar-refractivity contribution in [3.8, 4) is 0 Å². The normalized spacial score (nSPS) is 17.6. The van der Waals surface area contributed by atoms with Crippen molar-refractivity contribution in [3.63, 3.8) is 0 Å². The molecule has 0 radical (unpaired) electrons. The van der Waals surface area contributed by atoms with Gasteiger partial charge in [-0.05, 0) is 18.3 Å². The van der Waals surface area contributed by atoms with E-state index in [0.29, 0.717) is 0 Å². The molecule has 92 valence electrons. The minimum Gasteiger partial charge on any atom is -0.171 e. The van der Waals surface area contributed by atoms with E-state index in [1.54, 1.807) is 0 Å². The number of rotatable bonds is 4. The van der Waals surface area contributed by atoms with Crippen molar-refractivity contribution >= 4 is 0 Å². The van der Waals surface area contributed by atoms with E-state index in [0.717, 1.165) is 0 Å². The Morgan fingerprint density at radius 3 is 1.20 bits per heavy atom. The van der Waals surface area contributed by atoms with E-state index in [1.807, 2.05) is 0 Å². The average Bonchev–Trinajstić information content (AvgIpc) is 1.73. The zero-order valence-electron chi connectivity index (χ0n) is 8.54. The molecule has 0 saturated carbocycles. The van der Waals surface area contributed by atoms with Gasteiger partial charge in [0.1, 0.15) is 0 Å². The summed E-state index contributed by atoms with van der Waals surface area (Å²) in [5.74, 6) is -1.52. The number of hydrogen-bond donors (Lipinski definition) is 0. The molecule has 0 heterocycles. The first-order chi connectivity index (χ1) is 6.49. The molecule has 0 amide bonds. The van der Waals surface area contributed by atoms with Crippen LogP contribution in [0.15, 0.2) is 0 Å². The zero-order valence-corrected chi connectivity index (χ0v) is 8.54. The molecule has 0 saturated heterocycles. The van der Waals surface area contributed by atoms with Crippen LogP contribution in [0, 0.1) is 11.8 Å². The fourth-order valence-electron chi connectivity index (χ4n) is 1.64. The third kappa shape index (κ3) is 9.87. The molecule has 0 spiro atoms. The van der Waals surface area contributed by atoms with Gasteiger partial charge in [-0.2, -0.15) is 26.3 Å². The van der Waals surface area contributed by atoms with Gasteiger partial charge in [0.15, 0.2) is 0 Å². The van der Waals surface area contributed by atoms with Crippen molar-refractivity contribution < 1.29 is 26.3 Å². The Hall–Kier alpha value is -0.420. The zero-order chi connectivity index (χ0) is 12.3. The van der Waals surface area contributed by atoms with Gasteiger partial charge in [0.25, 0.3) is 0 Å². The van der Waals surface area contributed by atoms with Crippen molar-refractivity contribution in [1.29, 1.82) is 0 Å². The Balaban J connectivity index is 3.92. The molecule has 2 atom stereocenters. The van der Waals surface area contributed by atoms with E-state index in [4.69, 9.17) is 0 Å². The van der Waals surface area contributed by atoms with Gasteiger partial charge in [-0.3, -0.25) is 0 Å². The SMILES string of the molecule is CC(CC(C)CC(F)(F)F)CC(F)(F)F. The van der Waals surface area contributed by atoms with E-state index in [1.165, 1.54) is 13.8 Å². The van der Waals surface area contributed by atoms with E-state index < -0.39 is 37.0 Å². The molecule has 0 rings (SSSR count). The van der Waals surface area contributed by atoms with E-state index in [9.17, 15) is 26.3 Å². The second kappa shape index (κ2) is 5.07. The predicted molar refractivity (Wildman–Crippen MR) is 44.3 cm³/mol. The van der Waals surface area contributed by atoms with Gasteiger partial charge >= 0.3 is 12.4 Å². The van der Waals surface area contributed by atoms with Crippen LogP contribution in [0.1, 0.15) is 33.1 Å². The van der Waals surface area contributed by atoms with Gasteiger partial charge in [-0.25, -0.2) is 0 Å². The number of alkyl halides is 6. The fraction of sp³-hybridized carbons (Fsp3) is 1.00. The summed E-state index contributed by atoms with van der Waals surface area (Å²) >= 11 is 0. The number of halogens is 6. The summed E-state index contributed by atoms with van der Waals surface area (Å²) in [6.07, 6.45) is -10.7. The van der Waals surface area contributed by atoms with E-state index in [2.05, 4.69) is 0 Å². The van der Waals surface area contributed by atoms with Crippen LogP contribution in [0.2, 0.25) is 0 Å². The van der Waals surface area contributed by atoms with Crippen molar-refractivity contribution in [2.75, 3.05) is 0 Å². The second-order valence-corrected chi connectivity index (χ2v) is 4.08. The quantitative estimate of drug-likeness (QED) is 0.628. The molecule has 0 aromatic carbocycles. The summed E-state index contributed by atoms with van der Waals surface area (Å²) in [7, 11) is 0. The number of hydrogen-bond acceptors (Lipinski definition) is 0. The van der Waals surface area contributed by atoms with Crippen LogP contribution in [0.25, 0.3) is 0 Å². The fourth-order valence-corrected chi connectivity index (χ4v) is 1.64. The smallest absolute Gasteiger partial charge is 0.171 e. The van der Waals surface area contributed by atoms with Crippen molar-refractivity contribution in [3.05, 3.63) is 0 Å². The molecule has 0 aliphatic heterocycles. The Morgan fingerprint density at radius 1 is 0.733 bits per heavy atom. The molecule has 0 aliphatic carbocycles. The molecule has 0 fully saturated rings. The average molecular weight is 236 g/mol. The maximum Gasteiger partial charge on any atom is 0.389 e. The lowest BCUT2D eigenvalue weighted by Gasteiger charge is -2.19. The van der Waals surface area contributed by atoms with Crippen LogP contribution < -0.4 is 0 Å². The molecule has 0 aromatic rings. The van der Waals surface area contributed by atoms with Crippen LogP contribution >= 0.6 is 0 Å². The van der Waals surface area contributed by atoms with Crippen LogP contribution in [-0.2, 0) is 0 Å². The highest BCUT2D eigenvalue weighted by Crippen LogP contribution is 2.32. The first-order valence-corrected chi connectivity index (χ1v) is 4.63. The molecule has 2 unspecified atom stereocenters. The van der Waals surface area contributed by atoms with Crippen LogP contribution in [-0.4, -0.2) is 12.4 Å². The highest BCUT2D eigenvalue weighted by molar-refractivity contribution is 4.66. The predicted octanol–water partition coefficient (Wildman–Crippen LogP) is 4.55. The second-order valence-electron chi connectivity index (χ2n) is 4.08. The maximum absolute atomic E-state index is 11.9. The highest BCUT2D eigenvalue weighted by Gasteiger charge is 2.33. The molecule has 0 aliphatic rings. The summed E-state index contributed by atoms with van der Waals surface area (Å²) in [6.45, 7) is 2.64. The van der Waals surface area contributed by atoms with Crippen LogP contribution in [0.5, 0.6) is 0 Å². The van der Waals surface area contributed by atoms with E-state index in [-0.39, 0.29) is 6.42 Å². The van der Waals surface area contributed by atoms with Gasteiger partial charge in [-0.15, -0.1) is 0 Å². The lowest BCUT2D eigenvalue weighted by Crippen LogP contribution is -2.18. The summed E-state index contributed by atoms with van der Waals surface area (Å²) in [6, 6.07) is 0. The van der Waals surface area contributed by atoms with Gasteiger partial charge in [-0.1, -0.05) is 13.8 Å². The monoisotopic (exact) mass is 236 g/mol. The molecular formula is C9H14F6. The van der Waals surface area contributed by atoms with Gasteiger partial charge in [0.2, 0.25) is 0 Å². The summed E-state index contributed by atoms with van der Waals surface area (Å²) in [4.78, 5) is 0. The third-order valence-electron chi connectivity index (χ3n) is 1.96. The molecule has 0 N–H and O–H groups in total. The highest BCUT2D eigenvalue weighted by atomic mass is 19.4. The Morgan fingerprint density at radius 2 is 1.00 bits per heavy atom. The Kier molecular flexibility index (Phi) is 4.93. The Labute approximate surface area is 84.7 Å². The minimum atomic E-state index is -4.29. The van der Waals surface area contributed by atoms with Gasteiger partial charge < -0.3 is 0 Å². The largest absolute Gasteiger partial charge is 0.389 e. The Bertz CT molecular complexity index is 160. The standard InChI is InChI=1S/C9H14F6/c1-6(4-8(10,11)12)3-7(2)5-9(13,14)15/h6-7H,3-5H2,1-2H3. The van der Waals surface area contributed by atoms with Crippen molar-refractivity contribution in [2.24, 2.45) is 11.8 Å². The van der Waals surface area contributed by atoms with Crippen LogP contribution in [0.4, 0.5) is 26.3 Å². The minimum absolute atomic E-state index is 0.0565. The molecule has 0 bridgehead atoms. The van der Waals surface area contributed by atoms with E-state index >= 15 is 0 Å². The van der Waals surface area contributed by atoms with Gasteiger partial charge in [0, 0.05) is 12.8 Å². The molecule has 6 heteroatoms. The maximum atomic E-state index is 11.9. The third-order valence-corrected chi connectivity index (χ3v) is 1.96. The molecule has 0 nitrogen and oxygen atoms in total. The molecule has 15 heavy (non-hydrogen) atoms. The topological polar surface area (TPSA) is 0 Å². The lowest BCUT2D eigenvalue weighted by molar-refractivity contribution is -0.151. The first-order valence-electron chi connectivity index (χ1n) is 4.63. The van der Waals surface area contributed by atoms with Crippen LogP contribution in [0.3, 0.4) is 0 Å². The first kappa shape index (κ1) is 14.6. The summed E-state index contributed by atoms with van der Waals surface area (Å²) in [5, 5.41) is 0. The summed E-state index contributed by atoms with van der Waals surface area (Å²) < 4.78 is 71.2. The van der Waals surface area contributed by atoms with Crippen molar-refractivity contribution in [2.45, 2.75) is 45.5 Å². The molecule has 0 aromatic heterocycles. The lowest BCUT2D eigenvalue weighted by atomic mass is 9.92. The van der Waals surface area contributed by atoms with Gasteiger partial charge in [0.05, 0.1) is 0 Å². The summed E-state index contributed by atoms with van der Waals surface area (Å²) in [5.41, 5.74) is 0.